The van der Waals surface area contributed by atoms with Crippen molar-refractivity contribution >= 4 is 10.5 Å². The average Bonchev–Trinajstić information content (AvgIpc) is 2.22. The van der Waals surface area contributed by atoms with Gasteiger partial charge in [-0.05, 0) is 30.5 Å². The van der Waals surface area contributed by atoms with Crippen LogP contribution in [-0.2, 0) is 10.0 Å². The molecule has 0 aliphatic rings. The van der Waals surface area contributed by atoms with Crippen molar-refractivity contribution in [2.45, 2.75) is 32.3 Å². The van der Waals surface area contributed by atoms with Gasteiger partial charge in [-0.15, -0.1) is 0 Å². The molecule has 0 unspecified atom stereocenters. The third-order valence-corrected chi connectivity index (χ3v) is 3.08. The van der Waals surface area contributed by atoms with Gasteiger partial charge in [0.2, 0.25) is 10.5 Å². The lowest BCUT2D eigenvalue weighted by atomic mass is 9.89. The normalized spacial score (nSPS) is 11.7. The summed E-state index contributed by atoms with van der Waals surface area (Å²) in [5.74, 6) is -0.225. The predicted molar refractivity (Wildman–Crippen MR) is 55.5 cm³/mol. The van der Waals surface area contributed by atoms with E-state index >= 15 is 0 Å². The summed E-state index contributed by atoms with van der Waals surface area (Å²) < 4.78 is 18.4. The molecule has 0 N–H and O–H groups in total. The van der Waals surface area contributed by atoms with Crippen molar-refractivity contribution in [2.24, 2.45) is 0 Å². The minimum absolute atomic E-state index is 0.225. The molecular formula is C11H14FOSi. The lowest BCUT2D eigenvalue weighted by Crippen LogP contribution is -2.27. The zero-order chi connectivity index (χ0) is 10.6. The van der Waals surface area contributed by atoms with Gasteiger partial charge >= 0.3 is 0 Å². The van der Waals surface area contributed by atoms with Crippen molar-refractivity contribution in [1.29, 1.82) is 0 Å². The second-order valence-electron chi connectivity index (χ2n) is 3.31. The summed E-state index contributed by atoms with van der Waals surface area (Å²) in [7, 11) is 3.08. The molecule has 0 heterocycles. The van der Waals surface area contributed by atoms with Gasteiger partial charge in [-0.1, -0.05) is 26.0 Å². The van der Waals surface area contributed by atoms with E-state index in [9.17, 15) is 4.39 Å². The highest BCUT2D eigenvalue weighted by atomic mass is 28.2. The molecule has 1 rings (SSSR count). The van der Waals surface area contributed by atoms with Crippen LogP contribution in [0.2, 0.25) is 0 Å². The molecule has 0 amide bonds. The molecule has 3 radical (unpaired) electrons. The highest BCUT2D eigenvalue weighted by Gasteiger charge is 2.27. The van der Waals surface area contributed by atoms with Crippen molar-refractivity contribution in [3.63, 3.8) is 0 Å². The first-order valence-electron chi connectivity index (χ1n) is 4.79. The summed E-state index contributed by atoms with van der Waals surface area (Å²) in [6.07, 6.45) is 1.60. The molecule has 3 heteroatoms. The molecule has 0 saturated carbocycles. The molecule has 0 fully saturated rings. The Labute approximate surface area is 87.8 Å². The fraction of sp³-hybridized carbons (Fsp3) is 0.455. The van der Waals surface area contributed by atoms with Crippen LogP contribution >= 0.6 is 0 Å². The quantitative estimate of drug-likeness (QED) is 0.693. The van der Waals surface area contributed by atoms with Crippen LogP contribution in [-0.4, -0.2) is 10.5 Å². The molecule has 0 bridgehead atoms. The first-order chi connectivity index (χ1) is 6.68. The fourth-order valence-corrected chi connectivity index (χ4v) is 2.04. The summed E-state index contributed by atoms with van der Waals surface area (Å²) in [5.41, 5.74) is 0.455. The van der Waals surface area contributed by atoms with E-state index in [-0.39, 0.29) is 5.82 Å². The Balaban J connectivity index is 3.10. The third kappa shape index (κ3) is 2.04. The smallest absolute Gasteiger partial charge is 0.247 e. The zero-order valence-corrected chi connectivity index (χ0v) is 9.51. The number of hydrogen-bond acceptors (Lipinski definition) is 1. The van der Waals surface area contributed by atoms with Crippen molar-refractivity contribution in [1.82, 2.24) is 0 Å². The first-order valence-corrected chi connectivity index (χ1v) is 5.20. The third-order valence-electron chi connectivity index (χ3n) is 2.69. The number of halogens is 1. The Morgan fingerprint density at radius 1 is 1.36 bits per heavy atom. The van der Waals surface area contributed by atoms with Crippen molar-refractivity contribution < 1.29 is 8.82 Å². The SMILES string of the molecule is CCC(CC)(O[Si])c1cccc(F)c1. The van der Waals surface area contributed by atoms with E-state index in [0.29, 0.717) is 0 Å². The van der Waals surface area contributed by atoms with E-state index in [2.05, 4.69) is 10.5 Å². The van der Waals surface area contributed by atoms with Crippen LogP contribution in [0, 0.1) is 5.82 Å². The van der Waals surface area contributed by atoms with Gasteiger partial charge in [-0.3, -0.25) is 0 Å². The maximum atomic E-state index is 13.0. The number of hydrogen-bond donors (Lipinski definition) is 0. The standard InChI is InChI=1S/C11H14FOSi/c1-3-11(4-2,13-14)9-6-5-7-10(12)8-9/h5-8H,3-4H2,1-2H3. The van der Waals surface area contributed by atoms with Crippen molar-refractivity contribution in [2.75, 3.05) is 0 Å². The highest BCUT2D eigenvalue weighted by molar-refractivity contribution is 5.98. The molecule has 0 saturated heterocycles. The number of rotatable bonds is 4. The van der Waals surface area contributed by atoms with Crippen LogP contribution in [0.4, 0.5) is 4.39 Å². The second kappa shape index (κ2) is 4.71. The van der Waals surface area contributed by atoms with Crippen LogP contribution < -0.4 is 0 Å². The van der Waals surface area contributed by atoms with Gasteiger partial charge in [0, 0.05) is 0 Å². The molecule has 0 aliphatic heterocycles. The molecule has 14 heavy (non-hydrogen) atoms. The number of benzene rings is 1. The van der Waals surface area contributed by atoms with Crippen LogP contribution in [0.1, 0.15) is 32.3 Å². The van der Waals surface area contributed by atoms with Crippen LogP contribution in [0.3, 0.4) is 0 Å². The van der Waals surface area contributed by atoms with Gasteiger partial charge in [0.1, 0.15) is 5.82 Å². The van der Waals surface area contributed by atoms with Gasteiger partial charge in [0.15, 0.2) is 0 Å². The average molecular weight is 209 g/mol. The molecule has 1 aromatic rings. The Morgan fingerprint density at radius 3 is 2.43 bits per heavy atom. The van der Waals surface area contributed by atoms with Crippen LogP contribution in [0.25, 0.3) is 0 Å². The van der Waals surface area contributed by atoms with Crippen LogP contribution in [0.15, 0.2) is 24.3 Å². The van der Waals surface area contributed by atoms with Gasteiger partial charge in [0.05, 0.1) is 5.60 Å². The Morgan fingerprint density at radius 2 is 2.00 bits per heavy atom. The van der Waals surface area contributed by atoms with Gasteiger partial charge < -0.3 is 4.43 Å². The topological polar surface area (TPSA) is 9.23 Å². The Bertz CT molecular complexity index is 289. The molecule has 1 nitrogen and oxygen atoms in total. The monoisotopic (exact) mass is 209 g/mol. The lowest BCUT2D eigenvalue weighted by molar-refractivity contribution is 0.0682. The summed E-state index contributed by atoms with van der Waals surface area (Å²) >= 11 is 0. The Hall–Kier alpha value is -0.673. The lowest BCUT2D eigenvalue weighted by Gasteiger charge is -2.31. The van der Waals surface area contributed by atoms with E-state index < -0.39 is 5.60 Å². The Kier molecular flexibility index (Phi) is 3.83. The first kappa shape index (κ1) is 11.4. The van der Waals surface area contributed by atoms with Gasteiger partial charge in [-0.2, -0.15) is 0 Å². The summed E-state index contributed by atoms with van der Waals surface area (Å²) in [6, 6.07) is 6.55. The van der Waals surface area contributed by atoms with Crippen LogP contribution in [0.5, 0.6) is 0 Å². The summed E-state index contributed by atoms with van der Waals surface area (Å²) in [6.45, 7) is 4.04. The van der Waals surface area contributed by atoms with Crippen molar-refractivity contribution in [3.8, 4) is 0 Å². The minimum atomic E-state index is -0.418. The van der Waals surface area contributed by atoms with E-state index in [0.717, 1.165) is 18.4 Å². The molecular weight excluding hydrogens is 195 g/mol. The maximum Gasteiger partial charge on any atom is 0.247 e. The van der Waals surface area contributed by atoms with E-state index in [4.69, 9.17) is 4.43 Å². The molecule has 1 aromatic carbocycles. The molecule has 0 aliphatic carbocycles. The summed E-state index contributed by atoms with van der Waals surface area (Å²) in [4.78, 5) is 0. The fourth-order valence-electron chi connectivity index (χ4n) is 1.63. The zero-order valence-electron chi connectivity index (χ0n) is 8.51. The van der Waals surface area contributed by atoms with E-state index in [1.54, 1.807) is 6.07 Å². The van der Waals surface area contributed by atoms with Crippen molar-refractivity contribution in [3.05, 3.63) is 35.6 Å². The predicted octanol–water partition coefficient (Wildman–Crippen LogP) is 2.94. The molecule has 0 spiro atoms. The highest BCUT2D eigenvalue weighted by Crippen LogP contribution is 2.32. The largest absolute Gasteiger partial charge is 0.409 e. The summed E-state index contributed by atoms with van der Waals surface area (Å²) in [5, 5.41) is 0. The van der Waals surface area contributed by atoms with E-state index in [1.807, 2.05) is 19.9 Å². The molecule has 0 atom stereocenters. The van der Waals surface area contributed by atoms with Gasteiger partial charge in [0.25, 0.3) is 0 Å². The van der Waals surface area contributed by atoms with E-state index in [1.165, 1.54) is 12.1 Å². The maximum absolute atomic E-state index is 13.0. The minimum Gasteiger partial charge on any atom is -0.409 e. The molecule has 75 valence electrons. The van der Waals surface area contributed by atoms with Gasteiger partial charge in [-0.25, -0.2) is 4.39 Å². The molecule has 0 aromatic heterocycles. The second-order valence-corrected chi connectivity index (χ2v) is 3.52.